The van der Waals surface area contributed by atoms with Crippen molar-refractivity contribution in [3.63, 3.8) is 0 Å². The largest absolute Gasteiger partial charge is 0.386 e. The van der Waals surface area contributed by atoms with Crippen molar-refractivity contribution < 1.29 is 14.3 Å². The lowest BCUT2D eigenvalue weighted by molar-refractivity contribution is 0.0444. The molecule has 1 atom stereocenters. The van der Waals surface area contributed by atoms with E-state index in [1.54, 1.807) is 24.3 Å². The molecule has 0 fully saturated rings. The topological polar surface area (TPSA) is 43.4 Å². The van der Waals surface area contributed by atoms with Gasteiger partial charge < -0.3 is 4.74 Å². The minimum absolute atomic E-state index is 0.359. The van der Waals surface area contributed by atoms with Crippen LogP contribution in [0.2, 0.25) is 0 Å². The molecule has 4 aromatic carbocycles. The zero-order valence-electron chi connectivity index (χ0n) is 17.4. The Morgan fingerprint density at radius 1 is 0.742 bits per heavy atom. The minimum atomic E-state index is -0.550. The van der Waals surface area contributed by atoms with E-state index in [4.69, 9.17) is 0 Å². The molecular formula is C28H22O3. The molecule has 0 spiro atoms. The summed E-state index contributed by atoms with van der Waals surface area (Å²) in [5.74, 6) is -0.489. The fourth-order valence-electron chi connectivity index (χ4n) is 4.55. The predicted octanol–water partition coefficient (Wildman–Crippen LogP) is 6.59. The first-order valence-corrected chi connectivity index (χ1v) is 10.5. The van der Waals surface area contributed by atoms with Gasteiger partial charge in [0, 0.05) is 0 Å². The van der Waals surface area contributed by atoms with E-state index in [0.717, 1.165) is 0 Å². The van der Waals surface area contributed by atoms with Crippen molar-refractivity contribution in [2.45, 2.75) is 19.8 Å². The third-order valence-corrected chi connectivity index (χ3v) is 6.36. The molecule has 0 amide bonds. The smallest absolute Gasteiger partial charge is 0.346 e. The van der Waals surface area contributed by atoms with Gasteiger partial charge >= 0.3 is 11.9 Å². The summed E-state index contributed by atoms with van der Waals surface area (Å²) in [7, 11) is 0. The number of cyclic esters (lactones) is 2. The Morgan fingerprint density at radius 2 is 1.39 bits per heavy atom. The number of ether oxygens (including phenoxy) is 1. The molecule has 1 aliphatic heterocycles. The Kier molecular flexibility index (Phi) is 4.67. The van der Waals surface area contributed by atoms with E-state index >= 15 is 0 Å². The highest BCUT2D eigenvalue weighted by Crippen LogP contribution is 2.39. The summed E-state index contributed by atoms with van der Waals surface area (Å²) >= 11 is 0. The van der Waals surface area contributed by atoms with Crippen LogP contribution in [-0.4, -0.2) is 11.9 Å². The standard InChI is InChI=1S/C20H18.C8H4O3/c1-13-7-9-18-16(14(13)2)11-12-19-17-6-4-3-5-15(17)8-10-20(18)19;9-7-5-3-1-2-4-6(5)8(10)11-7/h3-6,8,10-13H,2,7,9H2,1H3;1-4H. The van der Waals surface area contributed by atoms with Gasteiger partial charge in [-0.1, -0.05) is 74.2 Å². The van der Waals surface area contributed by atoms with E-state index in [-0.39, 0.29) is 0 Å². The molecule has 31 heavy (non-hydrogen) atoms. The van der Waals surface area contributed by atoms with Gasteiger partial charge in [0.15, 0.2) is 0 Å². The lowest BCUT2D eigenvalue weighted by Crippen LogP contribution is -2.10. The quantitative estimate of drug-likeness (QED) is 0.188. The first-order valence-electron chi connectivity index (χ1n) is 10.5. The molecule has 0 N–H and O–H groups in total. The minimum Gasteiger partial charge on any atom is -0.386 e. The van der Waals surface area contributed by atoms with Crippen molar-refractivity contribution in [3.05, 3.63) is 102 Å². The number of carbonyl (C=O) groups excluding carboxylic acids is 2. The second-order valence-corrected chi connectivity index (χ2v) is 8.16. The van der Waals surface area contributed by atoms with Crippen LogP contribution in [-0.2, 0) is 11.2 Å². The van der Waals surface area contributed by atoms with E-state index in [1.165, 1.54) is 51.1 Å². The number of rotatable bonds is 0. The molecule has 1 unspecified atom stereocenters. The number of hydrogen-bond donors (Lipinski definition) is 0. The van der Waals surface area contributed by atoms with E-state index in [9.17, 15) is 9.59 Å². The van der Waals surface area contributed by atoms with Crippen LogP contribution in [0.1, 0.15) is 45.2 Å². The fourth-order valence-corrected chi connectivity index (χ4v) is 4.55. The molecule has 1 heterocycles. The van der Waals surface area contributed by atoms with Crippen molar-refractivity contribution >= 4 is 39.1 Å². The third kappa shape index (κ3) is 3.23. The Labute approximate surface area is 181 Å². The van der Waals surface area contributed by atoms with Crippen molar-refractivity contribution in [2.75, 3.05) is 0 Å². The van der Waals surface area contributed by atoms with E-state index in [1.807, 2.05) is 0 Å². The molecule has 0 saturated heterocycles. The summed E-state index contributed by atoms with van der Waals surface area (Å²) in [6, 6.07) is 24.3. The molecule has 0 aromatic heterocycles. The van der Waals surface area contributed by atoms with Gasteiger partial charge in [0.1, 0.15) is 0 Å². The average molecular weight is 406 g/mol. The second-order valence-electron chi connectivity index (χ2n) is 8.16. The van der Waals surface area contributed by atoms with Crippen LogP contribution in [0.4, 0.5) is 0 Å². The summed E-state index contributed by atoms with van der Waals surface area (Å²) in [6.45, 7) is 6.59. The second kappa shape index (κ2) is 7.51. The number of hydrogen-bond acceptors (Lipinski definition) is 3. The van der Waals surface area contributed by atoms with Crippen LogP contribution in [0.15, 0.2) is 79.4 Å². The van der Waals surface area contributed by atoms with Gasteiger partial charge in [0.05, 0.1) is 11.1 Å². The molecule has 3 heteroatoms. The first kappa shape index (κ1) is 19.3. The van der Waals surface area contributed by atoms with Gasteiger partial charge in [-0.25, -0.2) is 9.59 Å². The Hall–Kier alpha value is -3.72. The summed E-state index contributed by atoms with van der Waals surface area (Å²) < 4.78 is 4.35. The molecule has 0 bridgehead atoms. The number of esters is 2. The highest BCUT2D eigenvalue weighted by atomic mass is 16.6. The lowest BCUT2D eigenvalue weighted by Gasteiger charge is -2.26. The van der Waals surface area contributed by atoms with Gasteiger partial charge in [-0.05, 0) is 69.1 Å². The van der Waals surface area contributed by atoms with Crippen molar-refractivity contribution in [1.82, 2.24) is 0 Å². The van der Waals surface area contributed by atoms with Crippen molar-refractivity contribution in [1.29, 1.82) is 0 Å². The normalized spacial score (nSPS) is 17.1. The SMILES string of the molecule is C=C1c2ccc3c(ccc4ccccc43)c2CCC1C.O=C1OC(=O)c2ccccc21. The van der Waals surface area contributed by atoms with Crippen LogP contribution < -0.4 is 0 Å². The monoisotopic (exact) mass is 406 g/mol. The Balaban J connectivity index is 0.000000157. The number of aryl methyl sites for hydroxylation is 1. The average Bonchev–Trinajstić information content (AvgIpc) is 3.10. The highest BCUT2D eigenvalue weighted by Gasteiger charge is 2.28. The Morgan fingerprint density at radius 3 is 2.13 bits per heavy atom. The maximum atomic E-state index is 10.8. The molecule has 0 saturated carbocycles. The van der Waals surface area contributed by atoms with Gasteiger partial charge in [-0.2, -0.15) is 0 Å². The summed E-state index contributed by atoms with van der Waals surface area (Å²) in [6.07, 6.45) is 2.39. The van der Waals surface area contributed by atoms with Gasteiger partial charge in [-0.3, -0.25) is 0 Å². The van der Waals surface area contributed by atoms with Gasteiger partial charge in [0.25, 0.3) is 0 Å². The molecule has 0 radical (unpaired) electrons. The van der Waals surface area contributed by atoms with Crippen molar-refractivity contribution in [3.8, 4) is 0 Å². The molecule has 2 aliphatic rings. The Bertz CT molecular complexity index is 1350. The molecule has 6 rings (SSSR count). The van der Waals surface area contributed by atoms with E-state index in [2.05, 4.69) is 66.8 Å². The maximum Gasteiger partial charge on any atom is 0.346 e. The molecule has 4 aromatic rings. The number of allylic oxidation sites excluding steroid dienone is 1. The van der Waals surface area contributed by atoms with Crippen molar-refractivity contribution in [2.24, 2.45) is 5.92 Å². The van der Waals surface area contributed by atoms with Crippen LogP contribution in [0, 0.1) is 5.92 Å². The van der Waals surface area contributed by atoms with E-state index < -0.39 is 11.9 Å². The molecule has 152 valence electrons. The number of carbonyl (C=O) groups is 2. The van der Waals surface area contributed by atoms with Gasteiger partial charge in [0.2, 0.25) is 0 Å². The van der Waals surface area contributed by atoms with E-state index in [0.29, 0.717) is 17.0 Å². The fraction of sp³-hybridized carbons (Fsp3) is 0.143. The summed E-state index contributed by atoms with van der Waals surface area (Å²) in [5.41, 5.74) is 4.90. The third-order valence-electron chi connectivity index (χ3n) is 6.36. The zero-order chi connectivity index (χ0) is 21.5. The highest BCUT2D eigenvalue weighted by molar-refractivity contribution is 6.14. The number of benzene rings is 4. The van der Waals surface area contributed by atoms with Crippen LogP contribution in [0.25, 0.3) is 27.1 Å². The number of fused-ring (bicyclic) bond motifs is 6. The lowest BCUT2D eigenvalue weighted by atomic mass is 9.79. The van der Waals surface area contributed by atoms with Crippen LogP contribution in [0.3, 0.4) is 0 Å². The van der Waals surface area contributed by atoms with Gasteiger partial charge in [-0.15, -0.1) is 0 Å². The maximum absolute atomic E-state index is 10.8. The molecule has 3 nitrogen and oxygen atoms in total. The summed E-state index contributed by atoms with van der Waals surface area (Å²) in [4.78, 5) is 21.7. The van der Waals surface area contributed by atoms with Crippen LogP contribution in [0.5, 0.6) is 0 Å². The summed E-state index contributed by atoms with van der Waals surface area (Å²) in [5, 5.41) is 5.47. The first-order chi connectivity index (χ1) is 15.0. The zero-order valence-corrected chi connectivity index (χ0v) is 17.4. The predicted molar refractivity (Wildman–Crippen MR) is 124 cm³/mol. The molecular weight excluding hydrogens is 384 g/mol. The van der Waals surface area contributed by atoms with Crippen LogP contribution >= 0.6 is 0 Å². The molecule has 1 aliphatic carbocycles.